The van der Waals surface area contributed by atoms with Gasteiger partial charge in [0.2, 0.25) is 5.30 Å². The maximum atomic E-state index is 14.5. The Morgan fingerprint density at radius 1 is 0.619 bits per heavy atom. The van der Waals surface area contributed by atoms with E-state index in [0.717, 1.165) is 21.5 Å². The molecule has 0 spiro atoms. The lowest BCUT2D eigenvalue weighted by atomic mass is 10.2. The first-order valence-corrected chi connectivity index (χ1v) is 16.4. The fourth-order valence-corrected chi connectivity index (χ4v) is 10.9. The SMILES string of the molecule is O=C(CSc1nc(-c2ccccc2)[nH]c(=O)c1[P+](c1ccccc1)(c1ccccc1)c1ccccc1)c1ccccc1. The van der Waals surface area contributed by atoms with Crippen molar-refractivity contribution < 1.29 is 4.79 Å². The highest BCUT2D eigenvalue weighted by molar-refractivity contribution is 8.04. The Bertz CT molecular complexity index is 1750. The molecule has 0 amide bonds. The van der Waals surface area contributed by atoms with Crippen LogP contribution in [0.1, 0.15) is 10.4 Å². The molecule has 5 aromatic carbocycles. The van der Waals surface area contributed by atoms with Crippen molar-refractivity contribution in [1.29, 1.82) is 0 Å². The molecule has 1 aromatic heterocycles. The van der Waals surface area contributed by atoms with Crippen molar-refractivity contribution in [2.45, 2.75) is 5.03 Å². The second-order valence-corrected chi connectivity index (χ2v) is 14.0. The van der Waals surface area contributed by atoms with E-state index in [9.17, 15) is 9.59 Å². The van der Waals surface area contributed by atoms with Gasteiger partial charge in [0, 0.05) is 11.1 Å². The molecule has 0 fully saturated rings. The van der Waals surface area contributed by atoms with Gasteiger partial charge in [-0.1, -0.05) is 127 Å². The highest BCUT2D eigenvalue weighted by Crippen LogP contribution is 2.54. The fourth-order valence-electron chi connectivity index (χ4n) is 5.21. The van der Waals surface area contributed by atoms with Crippen LogP contribution < -0.4 is 26.8 Å². The Morgan fingerprint density at radius 3 is 1.52 bits per heavy atom. The number of hydrogen-bond donors (Lipinski definition) is 1. The number of ketones is 1. The molecule has 0 aliphatic heterocycles. The van der Waals surface area contributed by atoms with E-state index in [-0.39, 0.29) is 17.1 Å². The summed E-state index contributed by atoms with van der Waals surface area (Å²) >= 11 is 1.33. The van der Waals surface area contributed by atoms with Gasteiger partial charge in [-0.2, -0.15) is 0 Å². The number of nitrogens with one attached hydrogen (secondary N) is 1. The predicted molar refractivity (Wildman–Crippen MR) is 177 cm³/mol. The maximum Gasteiger partial charge on any atom is 0.296 e. The first-order valence-electron chi connectivity index (χ1n) is 13.6. The third-order valence-corrected chi connectivity index (χ3v) is 12.5. The van der Waals surface area contributed by atoms with Crippen molar-refractivity contribution in [2.24, 2.45) is 0 Å². The first kappa shape index (κ1) is 27.6. The van der Waals surface area contributed by atoms with Crippen LogP contribution in [0, 0.1) is 0 Å². The summed E-state index contributed by atoms with van der Waals surface area (Å²) in [6.45, 7) is 0. The van der Waals surface area contributed by atoms with Gasteiger partial charge in [-0.05, 0) is 36.4 Å². The largest absolute Gasteiger partial charge is 0.303 e. The van der Waals surface area contributed by atoms with Crippen molar-refractivity contribution in [3.05, 3.63) is 168 Å². The summed E-state index contributed by atoms with van der Waals surface area (Å²) in [5, 5.41) is 4.28. The molecule has 0 radical (unpaired) electrons. The minimum atomic E-state index is -2.76. The van der Waals surface area contributed by atoms with Gasteiger partial charge in [-0.15, -0.1) is 0 Å². The molecule has 0 atom stereocenters. The van der Waals surface area contributed by atoms with Crippen LogP contribution in [0.5, 0.6) is 0 Å². The quantitative estimate of drug-likeness (QED) is 0.0977. The number of aromatic nitrogens is 2. The van der Waals surface area contributed by atoms with E-state index in [4.69, 9.17) is 4.98 Å². The Labute approximate surface area is 249 Å². The van der Waals surface area contributed by atoms with Gasteiger partial charge >= 0.3 is 0 Å². The normalized spacial score (nSPS) is 11.2. The number of H-pyrrole nitrogens is 1. The van der Waals surface area contributed by atoms with Crippen LogP contribution >= 0.6 is 19.0 Å². The average Bonchev–Trinajstić information content (AvgIpc) is 3.07. The number of carbonyl (C=O) groups is 1. The Hall–Kier alpha value is -4.57. The van der Waals surface area contributed by atoms with Crippen LogP contribution in [-0.4, -0.2) is 21.5 Å². The number of nitrogens with zero attached hydrogens (tertiary/aromatic N) is 1. The number of hydrogen-bond acceptors (Lipinski definition) is 4. The molecule has 1 heterocycles. The van der Waals surface area contributed by atoms with Crippen LogP contribution in [0.15, 0.2) is 161 Å². The summed E-state index contributed by atoms with van der Waals surface area (Å²) in [4.78, 5) is 36.1. The monoisotopic (exact) mass is 583 g/mol. The second kappa shape index (κ2) is 12.5. The predicted octanol–water partition coefficient (Wildman–Crippen LogP) is 6.03. The minimum Gasteiger partial charge on any atom is -0.303 e. The Kier molecular flexibility index (Phi) is 8.23. The summed E-state index contributed by atoms with van der Waals surface area (Å²) in [6, 6.07) is 49.5. The van der Waals surface area contributed by atoms with E-state index in [0.29, 0.717) is 21.7 Å². The van der Waals surface area contributed by atoms with Crippen LogP contribution in [0.3, 0.4) is 0 Å². The third-order valence-electron chi connectivity index (χ3n) is 7.11. The standard InChI is InChI=1S/C36H27N2O2PS/c39-32(27-16-6-1-7-17-27)26-42-36-33(35(40)37-34(38-36)28-18-8-2-9-19-28)41(29-20-10-3-11-21-29,30-22-12-4-13-23-30)31-24-14-5-15-25-31/h1-25H,26H2/p+1. The summed E-state index contributed by atoms with van der Waals surface area (Å²) in [5.41, 5.74) is 1.23. The van der Waals surface area contributed by atoms with E-state index in [1.807, 2.05) is 115 Å². The summed E-state index contributed by atoms with van der Waals surface area (Å²) in [5.74, 6) is 0.615. The minimum absolute atomic E-state index is 0.0158. The zero-order chi connectivity index (χ0) is 28.8. The van der Waals surface area contributed by atoms with Crippen LogP contribution in [0.2, 0.25) is 0 Å². The van der Waals surface area contributed by atoms with Crippen LogP contribution in [0.25, 0.3) is 11.4 Å². The molecule has 4 nitrogen and oxygen atoms in total. The lowest BCUT2D eigenvalue weighted by Gasteiger charge is -2.28. The lowest BCUT2D eigenvalue weighted by molar-refractivity contribution is 0.102. The van der Waals surface area contributed by atoms with E-state index < -0.39 is 7.26 Å². The second-order valence-electron chi connectivity index (χ2n) is 9.69. The van der Waals surface area contributed by atoms with Crippen molar-refractivity contribution in [2.75, 3.05) is 5.75 Å². The van der Waals surface area contributed by atoms with Gasteiger partial charge in [0.15, 0.2) is 13.0 Å². The number of aromatic amines is 1. The smallest absolute Gasteiger partial charge is 0.296 e. The van der Waals surface area contributed by atoms with Gasteiger partial charge in [0.25, 0.3) is 5.56 Å². The van der Waals surface area contributed by atoms with Crippen molar-refractivity contribution in [3.63, 3.8) is 0 Å². The molecule has 1 N–H and O–H groups in total. The Balaban J connectivity index is 1.65. The van der Waals surface area contributed by atoms with Crippen molar-refractivity contribution in [3.8, 4) is 11.4 Å². The summed E-state index contributed by atoms with van der Waals surface area (Å²) in [6.07, 6.45) is 0. The number of Topliss-reactive ketones (excluding diaryl/α,β-unsaturated/α-hetero) is 1. The van der Waals surface area contributed by atoms with E-state index in [2.05, 4.69) is 41.4 Å². The molecule has 0 bridgehead atoms. The van der Waals surface area contributed by atoms with Crippen LogP contribution in [0.4, 0.5) is 0 Å². The van der Waals surface area contributed by atoms with Gasteiger partial charge in [-0.3, -0.25) is 9.59 Å². The summed E-state index contributed by atoms with van der Waals surface area (Å²) in [7, 11) is -2.76. The lowest BCUT2D eigenvalue weighted by Crippen LogP contribution is -2.46. The van der Waals surface area contributed by atoms with Crippen molar-refractivity contribution in [1.82, 2.24) is 9.97 Å². The third kappa shape index (κ3) is 5.37. The van der Waals surface area contributed by atoms with E-state index in [1.165, 1.54) is 11.8 Å². The molecule has 0 unspecified atom stereocenters. The van der Waals surface area contributed by atoms with E-state index in [1.54, 1.807) is 0 Å². The molecule has 42 heavy (non-hydrogen) atoms. The molecule has 0 saturated heterocycles. The molecule has 6 aromatic rings. The highest BCUT2D eigenvalue weighted by Gasteiger charge is 2.52. The van der Waals surface area contributed by atoms with Gasteiger partial charge in [0.05, 0.1) is 5.75 Å². The molecule has 6 heteroatoms. The molecule has 0 saturated carbocycles. The zero-order valence-corrected chi connectivity index (χ0v) is 24.5. The molecule has 204 valence electrons. The topological polar surface area (TPSA) is 62.8 Å². The number of carbonyl (C=O) groups excluding carboxylic acids is 1. The molecular formula is C36H28N2O2PS+. The number of thioether (sulfide) groups is 1. The highest BCUT2D eigenvalue weighted by atomic mass is 32.2. The van der Waals surface area contributed by atoms with Gasteiger partial charge in [0.1, 0.15) is 26.8 Å². The zero-order valence-electron chi connectivity index (χ0n) is 22.8. The van der Waals surface area contributed by atoms with E-state index >= 15 is 0 Å². The van der Waals surface area contributed by atoms with Crippen LogP contribution in [-0.2, 0) is 0 Å². The number of rotatable bonds is 9. The molecule has 0 aliphatic rings. The molecular weight excluding hydrogens is 555 g/mol. The van der Waals surface area contributed by atoms with Gasteiger partial charge in [-0.25, -0.2) is 4.98 Å². The number of benzene rings is 5. The molecule has 6 rings (SSSR count). The van der Waals surface area contributed by atoms with Crippen molar-refractivity contribution >= 4 is 46.0 Å². The summed E-state index contributed by atoms with van der Waals surface area (Å²) < 4.78 is 0. The average molecular weight is 584 g/mol. The first-order chi connectivity index (χ1) is 20.7. The Morgan fingerprint density at radius 2 is 1.05 bits per heavy atom. The maximum absolute atomic E-state index is 14.5. The molecule has 0 aliphatic carbocycles. The fraction of sp³-hybridized carbons (Fsp3) is 0.0278. The van der Waals surface area contributed by atoms with Gasteiger partial charge < -0.3 is 4.98 Å².